The summed E-state index contributed by atoms with van der Waals surface area (Å²) < 4.78 is 4.75. The first-order chi connectivity index (χ1) is 5.27. The maximum atomic E-state index is 4.25. The zero-order valence-electron chi connectivity index (χ0n) is 6.70. The average molecular weight is 174 g/mol. The zero-order valence-corrected chi connectivity index (χ0v) is 10.7. The van der Waals surface area contributed by atoms with E-state index in [4.69, 9.17) is 0 Å². The molecule has 0 unspecified atom stereocenters. The summed E-state index contributed by atoms with van der Waals surface area (Å²) in [5.41, 5.74) is 1.27. The lowest BCUT2D eigenvalue weighted by Gasteiger charge is -1.95. The van der Waals surface area contributed by atoms with E-state index in [-0.39, 0.29) is 0 Å². The highest BCUT2D eigenvalue weighted by Crippen LogP contribution is 1.93. The van der Waals surface area contributed by atoms with E-state index in [1.165, 1.54) is 14.4 Å². The molecule has 2 aromatic heterocycles. The molecular weight excluding hydrogens is 166 g/mol. The van der Waals surface area contributed by atoms with Gasteiger partial charge in [-0.2, -0.15) is 5.10 Å². The SMILES string of the molecule is [AlH2][c]1ccc2[c]([AlH2])cnn2c1. The molecule has 0 saturated carbocycles. The highest BCUT2D eigenvalue weighted by atomic mass is 27.1. The van der Waals surface area contributed by atoms with Gasteiger partial charge in [0.05, 0.1) is 5.52 Å². The van der Waals surface area contributed by atoms with Crippen LogP contribution < -0.4 is 8.85 Å². The van der Waals surface area contributed by atoms with Crippen LogP contribution in [0.25, 0.3) is 5.52 Å². The van der Waals surface area contributed by atoms with Crippen molar-refractivity contribution < 1.29 is 0 Å². The highest BCUT2D eigenvalue weighted by Gasteiger charge is 1.96. The Morgan fingerprint density at radius 2 is 2.09 bits per heavy atom. The summed E-state index contributed by atoms with van der Waals surface area (Å²) in [5, 5.41) is 4.25. The first kappa shape index (κ1) is 7.41. The van der Waals surface area contributed by atoms with Crippen molar-refractivity contribution in [1.29, 1.82) is 0 Å². The molecular formula is C7H8Al2N2. The Bertz CT molecular complexity index is 394. The van der Waals surface area contributed by atoms with Crippen molar-refractivity contribution in [3.63, 3.8) is 0 Å². The minimum Gasteiger partial charge on any atom is -0.244 e. The molecule has 0 bridgehead atoms. The maximum Gasteiger partial charge on any atom is 0.265 e. The van der Waals surface area contributed by atoms with Gasteiger partial charge in [0.25, 0.3) is 32.6 Å². The molecule has 2 heterocycles. The lowest BCUT2D eigenvalue weighted by molar-refractivity contribution is 0.967. The topological polar surface area (TPSA) is 17.3 Å². The number of hydrogen-bond donors (Lipinski definition) is 0. The molecule has 2 rings (SSSR count). The van der Waals surface area contributed by atoms with E-state index in [0.29, 0.717) is 0 Å². The first-order valence-corrected chi connectivity index (χ1v) is 5.68. The van der Waals surface area contributed by atoms with Gasteiger partial charge in [-0.05, 0) is 6.07 Å². The van der Waals surface area contributed by atoms with Crippen molar-refractivity contribution >= 4 is 46.9 Å². The number of fused-ring (bicyclic) bond motifs is 1. The minimum atomic E-state index is 1.09. The second-order valence-corrected chi connectivity index (χ2v) is 5.10. The van der Waals surface area contributed by atoms with Crippen LogP contribution in [0.3, 0.4) is 0 Å². The number of hydrogen-bond acceptors (Lipinski definition) is 1. The smallest absolute Gasteiger partial charge is 0.244 e. The molecule has 0 N–H and O–H groups in total. The molecule has 0 spiro atoms. The minimum absolute atomic E-state index is 1.09. The predicted molar refractivity (Wildman–Crippen MR) is 51.5 cm³/mol. The molecule has 0 saturated heterocycles. The van der Waals surface area contributed by atoms with E-state index in [1.54, 1.807) is 0 Å². The quantitative estimate of drug-likeness (QED) is 0.416. The summed E-state index contributed by atoms with van der Waals surface area (Å²) in [7, 11) is 0. The number of rotatable bonds is 0. The molecule has 0 radical (unpaired) electrons. The molecule has 2 aromatic rings. The lowest BCUT2D eigenvalue weighted by atomic mass is 10.4. The van der Waals surface area contributed by atoms with Crippen LogP contribution in [0.15, 0.2) is 24.5 Å². The van der Waals surface area contributed by atoms with Crippen LogP contribution in [-0.2, 0) is 0 Å². The lowest BCUT2D eigenvalue weighted by Crippen LogP contribution is -2.07. The monoisotopic (exact) mass is 174 g/mol. The third-order valence-corrected chi connectivity index (χ3v) is 3.22. The molecule has 0 aliphatic heterocycles. The molecule has 2 nitrogen and oxygen atoms in total. The summed E-state index contributed by atoms with van der Waals surface area (Å²) in [6.07, 6.45) is 4.07. The predicted octanol–water partition coefficient (Wildman–Crippen LogP) is -2.15. The molecule has 4 heteroatoms. The van der Waals surface area contributed by atoms with E-state index >= 15 is 0 Å². The second-order valence-electron chi connectivity index (χ2n) is 2.86. The van der Waals surface area contributed by atoms with Gasteiger partial charge in [0.15, 0.2) is 0 Å². The summed E-state index contributed by atoms with van der Waals surface area (Å²) in [4.78, 5) is 0. The Morgan fingerprint density at radius 3 is 2.91 bits per heavy atom. The fourth-order valence-corrected chi connectivity index (χ4v) is 2.14. The van der Waals surface area contributed by atoms with E-state index in [9.17, 15) is 0 Å². The second kappa shape index (κ2) is 2.66. The fourth-order valence-electron chi connectivity index (χ4n) is 1.21. The van der Waals surface area contributed by atoms with Gasteiger partial charge in [-0.15, -0.1) is 4.43 Å². The summed E-state index contributed by atoms with van der Waals surface area (Å²) in [6.45, 7) is 0. The van der Waals surface area contributed by atoms with Crippen molar-refractivity contribution in [2.75, 3.05) is 0 Å². The van der Waals surface area contributed by atoms with Crippen LogP contribution in [0.1, 0.15) is 0 Å². The van der Waals surface area contributed by atoms with Crippen molar-refractivity contribution in [3.8, 4) is 0 Å². The molecule has 0 aliphatic carbocycles. The zero-order chi connectivity index (χ0) is 7.84. The van der Waals surface area contributed by atoms with Crippen molar-refractivity contribution in [1.82, 2.24) is 9.61 Å². The van der Waals surface area contributed by atoms with Crippen LogP contribution in [0.2, 0.25) is 0 Å². The third kappa shape index (κ3) is 1.24. The van der Waals surface area contributed by atoms with E-state index in [1.807, 2.05) is 10.7 Å². The maximum absolute atomic E-state index is 4.25. The molecule has 0 aliphatic rings. The standard InChI is InChI=1S/C7H4N2.2Al.4H/c1-2-6-9-7(3-1)4-5-8-9;;;;;;/h1,3,5-6H;;;;;;. The van der Waals surface area contributed by atoms with Crippen LogP contribution in [-0.4, -0.2) is 42.2 Å². The van der Waals surface area contributed by atoms with Gasteiger partial charge in [-0.3, -0.25) is 0 Å². The van der Waals surface area contributed by atoms with E-state index in [0.717, 1.165) is 32.6 Å². The van der Waals surface area contributed by atoms with Crippen molar-refractivity contribution in [2.45, 2.75) is 0 Å². The first-order valence-electron chi connectivity index (χ1n) is 3.68. The highest BCUT2D eigenvalue weighted by molar-refractivity contribution is 6.37. The Morgan fingerprint density at radius 1 is 1.27 bits per heavy atom. The van der Waals surface area contributed by atoms with Gasteiger partial charge < -0.3 is 0 Å². The van der Waals surface area contributed by atoms with Gasteiger partial charge in [-0.25, -0.2) is 4.52 Å². The Balaban J connectivity index is 2.86. The van der Waals surface area contributed by atoms with Gasteiger partial charge >= 0.3 is 0 Å². The van der Waals surface area contributed by atoms with E-state index in [2.05, 4.69) is 23.4 Å². The Kier molecular flexibility index (Phi) is 1.79. The van der Waals surface area contributed by atoms with Crippen LogP contribution in [0.4, 0.5) is 0 Å². The van der Waals surface area contributed by atoms with Crippen LogP contribution in [0.5, 0.6) is 0 Å². The number of pyridine rings is 1. The van der Waals surface area contributed by atoms with Crippen molar-refractivity contribution in [3.05, 3.63) is 24.5 Å². The molecule has 0 fully saturated rings. The van der Waals surface area contributed by atoms with Crippen molar-refractivity contribution in [2.24, 2.45) is 0 Å². The van der Waals surface area contributed by atoms with E-state index < -0.39 is 0 Å². The largest absolute Gasteiger partial charge is 0.265 e. The summed E-state index contributed by atoms with van der Waals surface area (Å²) in [5.74, 6) is 0. The molecule has 11 heavy (non-hydrogen) atoms. The summed E-state index contributed by atoms with van der Waals surface area (Å²) in [6, 6.07) is 4.35. The van der Waals surface area contributed by atoms with Gasteiger partial charge in [0, 0.05) is 12.4 Å². The molecule has 0 atom stereocenters. The van der Waals surface area contributed by atoms with Crippen LogP contribution in [0, 0.1) is 0 Å². The van der Waals surface area contributed by atoms with Gasteiger partial charge in [0.1, 0.15) is 0 Å². The number of nitrogens with zero attached hydrogens (tertiary/aromatic N) is 2. The molecule has 52 valence electrons. The van der Waals surface area contributed by atoms with Gasteiger partial charge in [-0.1, -0.05) is 10.5 Å². The molecule has 0 aromatic carbocycles. The molecule has 0 amide bonds. The summed E-state index contributed by atoms with van der Waals surface area (Å²) >= 11 is 2.19. The normalized spacial score (nSPS) is 10.5. The fraction of sp³-hybridized carbons (Fsp3) is 0. The Hall–Kier alpha value is -0.245. The Labute approximate surface area is 81.1 Å². The van der Waals surface area contributed by atoms with Crippen LogP contribution >= 0.6 is 0 Å². The van der Waals surface area contributed by atoms with Gasteiger partial charge in [0.2, 0.25) is 0 Å². The number of aromatic nitrogens is 2. The average Bonchev–Trinajstić information content (AvgIpc) is 2.32. The third-order valence-electron chi connectivity index (χ3n) is 1.86.